The Morgan fingerprint density at radius 2 is 1.83 bits per heavy atom. The first-order chi connectivity index (χ1) is 14.2. The fourth-order valence-electron chi connectivity index (χ4n) is 3.19. The van der Waals surface area contributed by atoms with E-state index in [2.05, 4.69) is 17.6 Å². The van der Waals surface area contributed by atoms with Crippen LogP contribution in [0.5, 0.6) is 5.75 Å². The van der Waals surface area contributed by atoms with Crippen molar-refractivity contribution in [1.82, 2.24) is 5.32 Å². The lowest BCUT2D eigenvalue weighted by atomic mass is 10.1. The van der Waals surface area contributed by atoms with Gasteiger partial charge in [-0.05, 0) is 43.5 Å². The second kappa shape index (κ2) is 10.6. The van der Waals surface area contributed by atoms with Gasteiger partial charge in [-0.15, -0.1) is 0 Å². The fraction of sp³-hybridized carbons (Fsp3) is 0.391. The van der Waals surface area contributed by atoms with Crippen molar-refractivity contribution < 1.29 is 19.1 Å². The van der Waals surface area contributed by atoms with Gasteiger partial charge in [-0.3, -0.25) is 9.59 Å². The standard InChI is InChI=1S/C23H28N2O4/c1-2-3-14-29-21-13-7-5-11-19(21)23(27)25-20-12-6-4-10-18(20)22(26)24-16-17-9-8-15-28-17/h4-7,10-13,17H,2-3,8-9,14-16H2,1H3,(H,24,26)(H,25,27)/t17-/m0/s1. The molecule has 0 aromatic heterocycles. The SMILES string of the molecule is CCCCOc1ccccc1C(=O)Nc1ccccc1C(=O)NC[C@@H]1CCCO1. The smallest absolute Gasteiger partial charge is 0.259 e. The molecule has 6 heteroatoms. The average Bonchev–Trinajstić information content (AvgIpc) is 3.26. The van der Waals surface area contributed by atoms with E-state index in [0.717, 1.165) is 32.3 Å². The molecule has 3 rings (SSSR count). The van der Waals surface area contributed by atoms with Crippen LogP contribution in [0, 0.1) is 0 Å². The largest absolute Gasteiger partial charge is 0.493 e. The van der Waals surface area contributed by atoms with Crippen molar-refractivity contribution in [2.24, 2.45) is 0 Å². The van der Waals surface area contributed by atoms with Crippen LogP contribution in [-0.2, 0) is 4.74 Å². The summed E-state index contributed by atoms with van der Waals surface area (Å²) in [5, 5.41) is 5.76. The number of ether oxygens (including phenoxy) is 2. The molecule has 1 saturated heterocycles. The predicted octanol–water partition coefficient (Wildman–Crippen LogP) is 4.03. The van der Waals surface area contributed by atoms with E-state index in [0.29, 0.717) is 35.7 Å². The van der Waals surface area contributed by atoms with E-state index in [4.69, 9.17) is 9.47 Å². The normalized spacial score (nSPS) is 15.7. The number of benzene rings is 2. The number of amides is 2. The third kappa shape index (κ3) is 5.81. The quantitative estimate of drug-likeness (QED) is 0.628. The number of carbonyl (C=O) groups is 2. The molecule has 0 saturated carbocycles. The molecule has 1 atom stereocenters. The summed E-state index contributed by atoms with van der Waals surface area (Å²) in [7, 11) is 0. The van der Waals surface area contributed by atoms with Gasteiger partial charge < -0.3 is 20.1 Å². The van der Waals surface area contributed by atoms with Crippen LogP contribution >= 0.6 is 0 Å². The molecule has 1 aliphatic heterocycles. The zero-order valence-corrected chi connectivity index (χ0v) is 16.8. The zero-order chi connectivity index (χ0) is 20.5. The second-order valence-corrected chi connectivity index (χ2v) is 7.04. The molecule has 0 aliphatic carbocycles. The highest BCUT2D eigenvalue weighted by Crippen LogP contribution is 2.22. The van der Waals surface area contributed by atoms with Gasteiger partial charge in [-0.25, -0.2) is 0 Å². The van der Waals surface area contributed by atoms with E-state index in [1.54, 1.807) is 42.5 Å². The van der Waals surface area contributed by atoms with Gasteiger partial charge in [-0.2, -0.15) is 0 Å². The van der Waals surface area contributed by atoms with Gasteiger partial charge in [0.1, 0.15) is 5.75 Å². The number of rotatable bonds is 9. The Hall–Kier alpha value is -2.86. The van der Waals surface area contributed by atoms with Gasteiger partial charge in [0.25, 0.3) is 11.8 Å². The molecule has 29 heavy (non-hydrogen) atoms. The monoisotopic (exact) mass is 396 g/mol. The third-order valence-corrected chi connectivity index (χ3v) is 4.82. The molecule has 0 radical (unpaired) electrons. The molecule has 154 valence electrons. The first kappa shape index (κ1) is 20.9. The van der Waals surface area contributed by atoms with Crippen LogP contribution in [0.4, 0.5) is 5.69 Å². The van der Waals surface area contributed by atoms with Crippen LogP contribution in [0.25, 0.3) is 0 Å². The number of hydrogen-bond acceptors (Lipinski definition) is 4. The molecule has 0 bridgehead atoms. The summed E-state index contributed by atoms with van der Waals surface area (Å²) >= 11 is 0. The molecule has 2 aromatic rings. The lowest BCUT2D eigenvalue weighted by Gasteiger charge is -2.15. The van der Waals surface area contributed by atoms with Crippen LogP contribution < -0.4 is 15.4 Å². The number of unbranched alkanes of at least 4 members (excludes halogenated alkanes) is 1. The van der Waals surface area contributed by atoms with Gasteiger partial charge in [-0.1, -0.05) is 37.6 Å². The lowest BCUT2D eigenvalue weighted by molar-refractivity contribution is 0.0858. The summed E-state index contributed by atoms with van der Waals surface area (Å²) in [4.78, 5) is 25.5. The summed E-state index contributed by atoms with van der Waals surface area (Å²) in [5.41, 5.74) is 1.33. The number of para-hydroxylation sites is 2. The van der Waals surface area contributed by atoms with E-state index < -0.39 is 0 Å². The van der Waals surface area contributed by atoms with Crippen molar-refractivity contribution >= 4 is 17.5 Å². The molecular formula is C23H28N2O4. The minimum absolute atomic E-state index is 0.0628. The summed E-state index contributed by atoms with van der Waals surface area (Å²) < 4.78 is 11.3. The zero-order valence-electron chi connectivity index (χ0n) is 16.8. The van der Waals surface area contributed by atoms with Crippen LogP contribution in [0.2, 0.25) is 0 Å². The molecule has 2 N–H and O–H groups in total. The summed E-state index contributed by atoms with van der Waals surface area (Å²) in [6.07, 6.45) is 3.97. The third-order valence-electron chi connectivity index (χ3n) is 4.82. The van der Waals surface area contributed by atoms with E-state index in [9.17, 15) is 9.59 Å². The first-order valence-electron chi connectivity index (χ1n) is 10.2. The van der Waals surface area contributed by atoms with Crippen molar-refractivity contribution in [3.63, 3.8) is 0 Å². The first-order valence-corrected chi connectivity index (χ1v) is 10.2. The van der Waals surface area contributed by atoms with Gasteiger partial charge in [0.2, 0.25) is 0 Å². The molecule has 0 spiro atoms. The van der Waals surface area contributed by atoms with Gasteiger partial charge in [0, 0.05) is 13.2 Å². The maximum atomic E-state index is 12.9. The summed E-state index contributed by atoms with van der Waals surface area (Å²) in [6, 6.07) is 14.1. The highest BCUT2D eigenvalue weighted by molar-refractivity contribution is 6.10. The van der Waals surface area contributed by atoms with Gasteiger partial charge in [0.05, 0.1) is 29.5 Å². The van der Waals surface area contributed by atoms with Crippen molar-refractivity contribution in [2.75, 3.05) is 25.1 Å². The van der Waals surface area contributed by atoms with E-state index in [-0.39, 0.29) is 17.9 Å². The molecule has 2 amide bonds. The topological polar surface area (TPSA) is 76.7 Å². The Kier molecular flexibility index (Phi) is 7.64. The van der Waals surface area contributed by atoms with Gasteiger partial charge >= 0.3 is 0 Å². The fourth-order valence-corrected chi connectivity index (χ4v) is 3.19. The lowest BCUT2D eigenvalue weighted by Crippen LogP contribution is -2.32. The van der Waals surface area contributed by atoms with Crippen molar-refractivity contribution in [3.05, 3.63) is 59.7 Å². The van der Waals surface area contributed by atoms with Crippen molar-refractivity contribution in [2.45, 2.75) is 38.7 Å². The van der Waals surface area contributed by atoms with Crippen molar-refractivity contribution in [3.8, 4) is 5.75 Å². The Bertz CT molecular complexity index is 831. The highest BCUT2D eigenvalue weighted by atomic mass is 16.5. The predicted molar refractivity (Wildman–Crippen MR) is 113 cm³/mol. The number of anilines is 1. The molecule has 2 aromatic carbocycles. The van der Waals surface area contributed by atoms with Crippen molar-refractivity contribution in [1.29, 1.82) is 0 Å². The number of hydrogen-bond donors (Lipinski definition) is 2. The number of nitrogens with one attached hydrogen (secondary N) is 2. The van der Waals surface area contributed by atoms with Crippen LogP contribution in [-0.4, -0.2) is 37.7 Å². The van der Waals surface area contributed by atoms with Crippen LogP contribution in [0.1, 0.15) is 53.3 Å². The average molecular weight is 396 g/mol. The highest BCUT2D eigenvalue weighted by Gasteiger charge is 2.19. The molecule has 0 unspecified atom stereocenters. The van der Waals surface area contributed by atoms with Gasteiger partial charge in [0.15, 0.2) is 0 Å². The Morgan fingerprint density at radius 1 is 1.07 bits per heavy atom. The summed E-state index contributed by atoms with van der Waals surface area (Å²) in [5.74, 6) is -0.000814. The number of carbonyl (C=O) groups excluding carboxylic acids is 2. The van der Waals surface area contributed by atoms with Crippen LogP contribution in [0.15, 0.2) is 48.5 Å². The maximum Gasteiger partial charge on any atom is 0.259 e. The van der Waals surface area contributed by atoms with E-state index in [1.807, 2.05) is 6.07 Å². The summed E-state index contributed by atoms with van der Waals surface area (Å²) in [6.45, 7) is 3.86. The minimum atomic E-state index is -0.309. The molecular weight excluding hydrogens is 368 g/mol. The molecule has 1 aliphatic rings. The maximum absolute atomic E-state index is 12.9. The minimum Gasteiger partial charge on any atom is -0.493 e. The Morgan fingerprint density at radius 3 is 2.59 bits per heavy atom. The van der Waals surface area contributed by atoms with E-state index >= 15 is 0 Å². The van der Waals surface area contributed by atoms with Crippen LogP contribution in [0.3, 0.4) is 0 Å². The molecule has 1 heterocycles. The van der Waals surface area contributed by atoms with E-state index in [1.165, 1.54) is 0 Å². The second-order valence-electron chi connectivity index (χ2n) is 7.04. The molecule has 6 nitrogen and oxygen atoms in total. The Balaban J connectivity index is 1.68. The molecule has 1 fully saturated rings. The Labute approximate surface area is 171 Å².